The van der Waals surface area contributed by atoms with E-state index in [4.69, 9.17) is 0 Å². The van der Waals surface area contributed by atoms with Crippen LogP contribution in [-0.2, 0) is 13.0 Å². The van der Waals surface area contributed by atoms with Crippen molar-refractivity contribution in [3.05, 3.63) is 47.5 Å². The molecule has 4 rings (SSSR count). The van der Waals surface area contributed by atoms with Crippen molar-refractivity contribution in [3.8, 4) is 11.1 Å². The lowest BCUT2D eigenvalue weighted by molar-refractivity contribution is 0.401. The van der Waals surface area contributed by atoms with E-state index in [1.165, 1.54) is 36.0 Å². The molecule has 102 valence electrons. The van der Waals surface area contributed by atoms with Crippen LogP contribution < -0.4 is 5.32 Å². The number of nitrogens with one attached hydrogen (secondary N) is 1. The average molecular weight is 265 g/mol. The van der Waals surface area contributed by atoms with Crippen LogP contribution >= 0.6 is 0 Å². The number of hydrogen-bond donors (Lipinski definition) is 1. The number of aromatic nitrogens is 2. The minimum atomic E-state index is 0.610. The van der Waals surface area contributed by atoms with Gasteiger partial charge in [-0.1, -0.05) is 24.6 Å². The van der Waals surface area contributed by atoms with Gasteiger partial charge in [-0.25, -0.2) is 9.97 Å². The van der Waals surface area contributed by atoms with Gasteiger partial charge in [0.1, 0.15) is 5.82 Å². The van der Waals surface area contributed by atoms with Gasteiger partial charge in [0.15, 0.2) is 0 Å². The van der Waals surface area contributed by atoms with Crippen molar-refractivity contribution < 1.29 is 0 Å². The molecule has 0 spiro atoms. The molecule has 1 saturated carbocycles. The number of benzene rings is 1. The summed E-state index contributed by atoms with van der Waals surface area (Å²) in [4.78, 5) is 9.13. The summed E-state index contributed by atoms with van der Waals surface area (Å²) in [6.45, 7) is 2.07. The quantitative estimate of drug-likeness (QED) is 0.907. The fraction of sp³-hybridized carbons (Fsp3) is 0.412. The minimum Gasteiger partial charge on any atom is -0.312 e. The zero-order chi connectivity index (χ0) is 13.4. The molecule has 0 atom stereocenters. The molecule has 1 aliphatic heterocycles. The largest absolute Gasteiger partial charge is 0.312 e. The van der Waals surface area contributed by atoms with Crippen molar-refractivity contribution in [2.75, 3.05) is 6.54 Å². The molecule has 1 aliphatic carbocycles. The summed E-state index contributed by atoms with van der Waals surface area (Å²) in [7, 11) is 0. The maximum atomic E-state index is 4.57. The van der Waals surface area contributed by atoms with E-state index in [1.54, 1.807) is 0 Å². The van der Waals surface area contributed by atoms with Gasteiger partial charge in [0.05, 0.1) is 0 Å². The van der Waals surface area contributed by atoms with E-state index >= 15 is 0 Å². The lowest BCUT2D eigenvalue weighted by Crippen LogP contribution is -2.23. The Kier molecular flexibility index (Phi) is 3.00. The Morgan fingerprint density at radius 2 is 1.85 bits per heavy atom. The van der Waals surface area contributed by atoms with Crippen LogP contribution in [0.3, 0.4) is 0 Å². The smallest absolute Gasteiger partial charge is 0.131 e. The van der Waals surface area contributed by atoms with E-state index in [2.05, 4.69) is 33.5 Å². The second-order valence-electron chi connectivity index (χ2n) is 5.87. The van der Waals surface area contributed by atoms with Gasteiger partial charge in [0.2, 0.25) is 0 Å². The summed E-state index contributed by atoms with van der Waals surface area (Å²) < 4.78 is 0. The maximum Gasteiger partial charge on any atom is 0.131 e. The highest BCUT2D eigenvalue weighted by Gasteiger charge is 2.21. The van der Waals surface area contributed by atoms with Crippen LogP contribution in [0, 0.1) is 0 Å². The molecule has 2 aromatic rings. The number of hydrogen-bond acceptors (Lipinski definition) is 3. The first-order chi connectivity index (χ1) is 9.90. The van der Waals surface area contributed by atoms with Gasteiger partial charge < -0.3 is 5.32 Å². The Morgan fingerprint density at radius 1 is 1.00 bits per heavy atom. The molecule has 1 fully saturated rings. The first kappa shape index (κ1) is 12.0. The molecule has 1 N–H and O–H groups in total. The van der Waals surface area contributed by atoms with Crippen LogP contribution in [0.15, 0.2) is 30.6 Å². The lowest BCUT2D eigenvalue weighted by Gasteiger charge is -2.23. The van der Waals surface area contributed by atoms with Crippen molar-refractivity contribution >= 4 is 0 Å². The minimum absolute atomic E-state index is 0.610. The van der Waals surface area contributed by atoms with Crippen molar-refractivity contribution in [3.63, 3.8) is 0 Å². The molecule has 3 nitrogen and oxygen atoms in total. The normalized spacial score (nSPS) is 18.4. The molecule has 1 aromatic heterocycles. The van der Waals surface area contributed by atoms with Gasteiger partial charge in [-0.05, 0) is 42.5 Å². The van der Waals surface area contributed by atoms with Crippen molar-refractivity contribution in [2.45, 2.75) is 38.1 Å². The zero-order valence-electron chi connectivity index (χ0n) is 11.6. The zero-order valence-corrected chi connectivity index (χ0v) is 11.6. The van der Waals surface area contributed by atoms with Gasteiger partial charge in [0.25, 0.3) is 0 Å². The summed E-state index contributed by atoms with van der Waals surface area (Å²) in [5, 5.41) is 3.41. The molecule has 1 aromatic carbocycles. The van der Waals surface area contributed by atoms with E-state index in [0.29, 0.717) is 5.92 Å². The Balaban J connectivity index is 1.63. The Bertz CT molecular complexity index is 615. The first-order valence-electron chi connectivity index (χ1n) is 7.55. The standard InChI is InChI=1S/C17H19N3/c1-2-12(3-1)17-19-10-16(11-20-17)13-4-5-15-9-18-7-6-14(15)8-13/h4-5,8,10-12,18H,1-3,6-7,9H2. The third kappa shape index (κ3) is 2.12. The van der Waals surface area contributed by atoms with Crippen LogP contribution in [0.4, 0.5) is 0 Å². The van der Waals surface area contributed by atoms with E-state index in [9.17, 15) is 0 Å². The van der Waals surface area contributed by atoms with Gasteiger partial charge in [0, 0.05) is 30.4 Å². The SMILES string of the molecule is c1cc2c(cc1-c1cnc(C3CCC3)nc1)CCNC2. The van der Waals surface area contributed by atoms with Crippen molar-refractivity contribution in [1.29, 1.82) is 0 Å². The highest BCUT2D eigenvalue weighted by atomic mass is 14.9. The molecule has 0 amide bonds. The second-order valence-corrected chi connectivity index (χ2v) is 5.87. The Morgan fingerprint density at radius 3 is 2.60 bits per heavy atom. The molecule has 0 unspecified atom stereocenters. The summed E-state index contributed by atoms with van der Waals surface area (Å²) in [6, 6.07) is 6.72. The number of nitrogens with zero attached hydrogens (tertiary/aromatic N) is 2. The van der Waals surface area contributed by atoms with Crippen molar-refractivity contribution in [1.82, 2.24) is 15.3 Å². The van der Waals surface area contributed by atoms with E-state index in [-0.39, 0.29) is 0 Å². The van der Waals surface area contributed by atoms with Crippen LogP contribution in [0.1, 0.15) is 42.1 Å². The number of rotatable bonds is 2. The average Bonchev–Trinajstić information content (AvgIpc) is 2.46. The highest BCUT2D eigenvalue weighted by Crippen LogP contribution is 2.34. The molecule has 0 saturated heterocycles. The molecule has 2 heterocycles. The third-order valence-corrected chi connectivity index (χ3v) is 4.57. The lowest BCUT2D eigenvalue weighted by atomic mass is 9.85. The molecule has 2 aliphatic rings. The summed E-state index contributed by atoms with van der Waals surface area (Å²) >= 11 is 0. The maximum absolute atomic E-state index is 4.57. The van der Waals surface area contributed by atoms with Gasteiger partial charge in [-0.3, -0.25) is 0 Å². The fourth-order valence-electron chi connectivity index (χ4n) is 3.02. The van der Waals surface area contributed by atoms with Crippen LogP contribution in [0.2, 0.25) is 0 Å². The molecule has 20 heavy (non-hydrogen) atoms. The van der Waals surface area contributed by atoms with Gasteiger partial charge in [-0.15, -0.1) is 0 Å². The monoisotopic (exact) mass is 265 g/mol. The first-order valence-corrected chi connectivity index (χ1v) is 7.55. The molecular formula is C17H19N3. The van der Waals surface area contributed by atoms with Gasteiger partial charge >= 0.3 is 0 Å². The Hall–Kier alpha value is -1.74. The molecule has 0 radical (unpaired) electrons. The molecule has 3 heteroatoms. The molecular weight excluding hydrogens is 246 g/mol. The topological polar surface area (TPSA) is 37.8 Å². The second kappa shape index (κ2) is 4.98. The summed E-state index contributed by atoms with van der Waals surface area (Å²) in [5.41, 5.74) is 5.26. The van der Waals surface area contributed by atoms with E-state index < -0.39 is 0 Å². The highest BCUT2D eigenvalue weighted by molar-refractivity contribution is 5.63. The van der Waals surface area contributed by atoms with Crippen LogP contribution in [-0.4, -0.2) is 16.5 Å². The van der Waals surface area contributed by atoms with Gasteiger partial charge in [-0.2, -0.15) is 0 Å². The van der Waals surface area contributed by atoms with E-state index in [0.717, 1.165) is 30.9 Å². The van der Waals surface area contributed by atoms with Crippen LogP contribution in [0.25, 0.3) is 11.1 Å². The third-order valence-electron chi connectivity index (χ3n) is 4.57. The fourth-order valence-corrected chi connectivity index (χ4v) is 3.02. The Labute approximate surface area is 119 Å². The van der Waals surface area contributed by atoms with Crippen molar-refractivity contribution in [2.24, 2.45) is 0 Å². The van der Waals surface area contributed by atoms with E-state index in [1.807, 2.05) is 12.4 Å². The number of fused-ring (bicyclic) bond motifs is 1. The summed E-state index contributed by atoms with van der Waals surface area (Å²) in [5.74, 6) is 1.64. The van der Waals surface area contributed by atoms with Crippen LogP contribution in [0.5, 0.6) is 0 Å². The predicted octanol–water partition coefficient (Wildman–Crippen LogP) is 3.06. The molecule has 0 bridgehead atoms. The summed E-state index contributed by atoms with van der Waals surface area (Å²) in [6.07, 6.45) is 8.93. The predicted molar refractivity (Wildman–Crippen MR) is 79.5 cm³/mol.